The zero-order valence-corrected chi connectivity index (χ0v) is 11.3. The van der Waals surface area contributed by atoms with Crippen LogP contribution in [0.2, 0.25) is 0 Å². The molecule has 0 saturated carbocycles. The number of rotatable bonds is 4. The molecule has 0 aromatic heterocycles. The molecular formula is C13H20BrN. The van der Waals surface area contributed by atoms with Crippen LogP contribution in [0.4, 0.5) is 0 Å². The van der Waals surface area contributed by atoms with Gasteiger partial charge < -0.3 is 5.73 Å². The van der Waals surface area contributed by atoms with Gasteiger partial charge in [-0.05, 0) is 42.9 Å². The summed E-state index contributed by atoms with van der Waals surface area (Å²) >= 11 is 3.50. The molecule has 0 amide bonds. The van der Waals surface area contributed by atoms with E-state index in [4.69, 9.17) is 5.73 Å². The maximum absolute atomic E-state index is 6.15. The molecule has 2 heteroatoms. The van der Waals surface area contributed by atoms with Crippen LogP contribution in [0.25, 0.3) is 0 Å². The standard InChI is InChI=1S/C13H20BrN/c1-9(2)4-7-13(15)11-5-6-12(14)10(3)8-11/h5-6,8-9,13H,4,7,15H2,1-3H3. The van der Waals surface area contributed by atoms with Gasteiger partial charge in [0.15, 0.2) is 0 Å². The number of benzene rings is 1. The molecule has 0 fully saturated rings. The van der Waals surface area contributed by atoms with Gasteiger partial charge >= 0.3 is 0 Å². The first-order chi connectivity index (χ1) is 7.00. The Morgan fingerprint density at radius 2 is 1.93 bits per heavy atom. The van der Waals surface area contributed by atoms with E-state index in [0.29, 0.717) is 0 Å². The molecular weight excluding hydrogens is 250 g/mol. The van der Waals surface area contributed by atoms with Gasteiger partial charge in [-0.15, -0.1) is 0 Å². The second-order valence-electron chi connectivity index (χ2n) is 4.59. The smallest absolute Gasteiger partial charge is 0.0295 e. The van der Waals surface area contributed by atoms with Crippen molar-refractivity contribution in [2.24, 2.45) is 11.7 Å². The Morgan fingerprint density at radius 1 is 1.27 bits per heavy atom. The van der Waals surface area contributed by atoms with Crippen LogP contribution in [0.5, 0.6) is 0 Å². The highest BCUT2D eigenvalue weighted by molar-refractivity contribution is 9.10. The topological polar surface area (TPSA) is 26.0 Å². The van der Waals surface area contributed by atoms with Crippen molar-refractivity contribution in [1.29, 1.82) is 0 Å². The molecule has 1 aromatic carbocycles. The molecule has 1 nitrogen and oxygen atoms in total. The van der Waals surface area contributed by atoms with E-state index in [1.54, 1.807) is 0 Å². The monoisotopic (exact) mass is 269 g/mol. The van der Waals surface area contributed by atoms with E-state index in [0.717, 1.165) is 16.8 Å². The predicted octanol–water partition coefficient (Wildman–Crippen LogP) is 4.19. The first-order valence-electron chi connectivity index (χ1n) is 5.52. The number of nitrogens with two attached hydrogens (primary N) is 1. The van der Waals surface area contributed by atoms with Crippen molar-refractivity contribution in [3.63, 3.8) is 0 Å². The first-order valence-corrected chi connectivity index (χ1v) is 6.31. The minimum Gasteiger partial charge on any atom is -0.324 e. The zero-order chi connectivity index (χ0) is 11.4. The van der Waals surface area contributed by atoms with Crippen molar-refractivity contribution in [1.82, 2.24) is 0 Å². The maximum Gasteiger partial charge on any atom is 0.0295 e. The van der Waals surface area contributed by atoms with Crippen molar-refractivity contribution in [3.05, 3.63) is 33.8 Å². The summed E-state index contributed by atoms with van der Waals surface area (Å²) in [5.74, 6) is 0.729. The number of hydrogen-bond acceptors (Lipinski definition) is 1. The molecule has 0 bridgehead atoms. The van der Waals surface area contributed by atoms with E-state index < -0.39 is 0 Å². The van der Waals surface area contributed by atoms with Gasteiger partial charge in [-0.25, -0.2) is 0 Å². The van der Waals surface area contributed by atoms with E-state index in [-0.39, 0.29) is 6.04 Å². The van der Waals surface area contributed by atoms with Crippen LogP contribution in [0.15, 0.2) is 22.7 Å². The Hall–Kier alpha value is -0.340. The van der Waals surface area contributed by atoms with Gasteiger partial charge in [-0.2, -0.15) is 0 Å². The lowest BCUT2D eigenvalue weighted by Gasteiger charge is -2.14. The molecule has 0 aliphatic rings. The number of aryl methyl sites for hydroxylation is 1. The number of hydrogen-bond donors (Lipinski definition) is 1. The van der Waals surface area contributed by atoms with E-state index in [9.17, 15) is 0 Å². The second kappa shape index (κ2) is 5.66. The normalized spacial score (nSPS) is 13.2. The number of halogens is 1. The average molecular weight is 270 g/mol. The fraction of sp³-hybridized carbons (Fsp3) is 0.538. The Kier molecular flexibility index (Phi) is 4.81. The van der Waals surface area contributed by atoms with Gasteiger partial charge in [-0.1, -0.05) is 41.9 Å². The van der Waals surface area contributed by atoms with E-state index in [1.165, 1.54) is 17.5 Å². The molecule has 1 unspecified atom stereocenters. The SMILES string of the molecule is Cc1cc(C(N)CCC(C)C)ccc1Br. The van der Waals surface area contributed by atoms with Crippen LogP contribution in [0.1, 0.15) is 43.9 Å². The Balaban J connectivity index is 2.65. The summed E-state index contributed by atoms with van der Waals surface area (Å²) in [6.07, 6.45) is 2.26. The third-order valence-electron chi connectivity index (χ3n) is 2.67. The molecule has 0 heterocycles. The molecule has 2 N–H and O–H groups in total. The third-order valence-corrected chi connectivity index (χ3v) is 3.55. The summed E-state index contributed by atoms with van der Waals surface area (Å²) in [4.78, 5) is 0. The van der Waals surface area contributed by atoms with E-state index in [1.807, 2.05) is 0 Å². The quantitative estimate of drug-likeness (QED) is 0.872. The highest BCUT2D eigenvalue weighted by Crippen LogP contribution is 2.23. The van der Waals surface area contributed by atoms with Crippen LogP contribution in [-0.2, 0) is 0 Å². The van der Waals surface area contributed by atoms with E-state index >= 15 is 0 Å². The highest BCUT2D eigenvalue weighted by atomic mass is 79.9. The van der Waals surface area contributed by atoms with Gasteiger partial charge in [0.05, 0.1) is 0 Å². The summed E-state index contributed by atoms with van der Waals surface area (Å²) < 4.78 is 1.15. The van der Waals surface area contributed by atoms with Gasteiger partial charge in [-0.3, -0.25) is 0 Å². The molecule has 0 spiro atoms. The molecule has 84 valence electrons. The van der Waals surface area contributed by atoms with E-state index in [2.05, 4.69) is 54.9 Å². The Bertz CT molecular complexity index is 320. The molecule has 0 radical (unpaired) electrons. The lowest BCUT2D eigenvalue weighted by molar-refractivity contribution is 0.507. The molecule has 0 aliphatic carbocycles. The average Bonchev–Trinajstić information content (AvgIpc) is 2.18. The maximum atomic E-state index is 6.15. The summed E-state index contributed by atoms with van der Waals surface area (Å²) in [5.41, 5.74) is 8.65. The van der Waals surface area contributed by atoms with Crippen molar-refractivity contribution in [2.75, 3.05) is 0 Å². The fourth-order valence-electron chi connectivity index (χ4n) is 1.58. The Morgan fingerprint density at radius 3 is 2.47 bits per heavy atom. The largest absolute Gasteiger partial charge is 0.324 e. The zero-order valence-electron chi connectivity index (χ0n) is 9.76. The third kappa shape index (κ3) is 3.96. The van der Waals surface area contributed by atoms with Crippen LogP contribution in [-0.4, -0.2) is 0 Å². The Labute approximate surface area is 101 Å². The lowest BCUT2D eigenvalue weighted by Crippen LogP contribution is -2.11. The fourth-order valence-corrected chi connectivity index (χ4v) is 1.82. The molecule has 0 saturated heterocycles. The summed E-state index contributed by atoms with van der Waals surface area (Å²) in [5, 5.41) is 0. The second-order valence-corrected chi connectivity index (χ2v) is 5.44. The van der Waals surface area contributed by atoms with Crippen molar-refractivity contribution in [3.8, 4) is 0 Å². The van der Waals surface area contributed by atoms with Crippen LogP contribution in [0.3, 0.4) is 0 Å². The highest BCUT2D eigenvalue weighted by Gasteiger charge is 2.07. The lowest BCUT2D eigenvalue weighted by atomic mass is 9.97. The summed E-state index contributed by atoms with van der Waals surface area (Å²) in [7, 11) is 0. The first kappa shape index (κ1) is 12.7. The van der Waals surface area contributed by atoms with Gasteiger partial charge in [0.1, 0.15) is 0 Å². The van der Waals surface area contributed by atoms with Crippen molar-refractivity contribution >= 4 is 15.9 Å². The van der Waals surface area contributed by atoms with Crippen molar-refractivity contribution in [2.45, 2.75) is 39.7 Å². The molecule has 1 atom stereocenters. The minimum atomic E-state index is 0.180. The van der Waals surface area contributed by atoms with Crippen LogP contribution in [0, 0.1) is 12.8 Å². The van der Waals surface area contributed by atoms with Crippen molar-refractivity contribution < 1.29 is 0 Å². The molecule has 1 aromatic rings. The van der Waals surface area contributed by atoms with Gasteiger partial charge in [0, 0.05) is 10.5 Å². The van der Waals surface area contributed by atoms with Gasteiger partial charge in [0.2, 0.25) is 0 Å². The predicted molar refractivity (Wildman–Crippen MR) is 69.9 cm³/mol. The molecule has 0 aliphatic heterocycles. The summed E-state index contributed by atoms with van der Waals surface area (Å²) in [6.45, 7) is 6.57. The van der Waals surface area contributed by atoms with Crippen LogP contribution < -0.4 is 5.73 Å². The van der Waals surface area contributed by atoms with Crippen LogP contribution >= 0.6 is 15.9 Å². The molecule has 1 rings (SSSR count). The summed E-state index contributed by atoms with van der Waals surface area (Å²) in [6, 6.07) is 6.55. The van der Waals surface area contributed by atoms with Gasteiger partial charge in [0.25, 0.3) is 0 Å². The minimum absolute atomic E-state index is 0.180. The molecule has 15 heavy (non-hydrogen) atoms.